The van der Waals surface area contributed by atoms with Gasteiger partial charge < -0.3 is 0 Å². The zero-order chi connectivity index (χ0) is 9.68. The van der Waals surface area contributed by atoms with Gasteiger partial charge >= 0.3 is 0 Å². The Hall–Kier alpha value is -1.42. The molecule has 0 unspecified atom stereocenters. The third-order valence-corrected chi connectivity index (χ3v) is 1.85. The summed E-state index contributed by atoms with van der Waals surface area (Å²) in [5.41, 5.74) is 2.46. The number of rotatable bonds is 3. The molecule has 13 heavy (non-hydrogen) atoms. The van der Waals surface area contributed by atoms with Crippen molar-refractivity contribution in [3.8, 4) is 0 Å². The predicted molar refractivity (Wildman–Crippen MR) is 49.1 cm³/mol. The van der Waals surface area contributed by atoms with Crippen LogP contribution in [0.25, 0.3) is 0 Å². The molecule has 0 spiro atoms. The standard InChI is InChI=1S/C8H7ClN2O2/c9-7-4-2-1-3-6(7)5-8(12)10-11-13/h1-4H,5H2,(H,10,12,13). The van der Waals surface area contributed by atoms with Crippen molar-refractivity contribution in [1.82, 2.24) is 5.43 Å². The summed E-state index contributed by atoms with van der Waals surface area (Å²) in [6.07, 6.45) is 0.0609. The SMILES string of the molecule is O=NNC(=O)Cc1ccccc1Cl. The Balaban J connectivity index is 2.68. The van der Waals surface area contributed by atoms with E-state index in [1.165, 1.54) is 0 Å². The van der Waals surface area contributed by atoms with E-state index < -0.39 is 5.91 Å². The number of nitrogens with one attached hydrogen (secondary N) is 1. The van der Waals surface area contributed by atoms with Gasteiger partial charge in [0.25, 0.3) is 0 Å². The minimum absolute atomic E-state index is 0.0609. The minimum Gasteiger partial charge on any atom is -0.273 e. The maximum Gasteiger partial charge on any atom is 0.247 e. The van der Waals surface area contributed by atoms with E-state index in [1.807, 2.05) is 0 Å². The van der Waals surface area contributed by atoms with Crippen LogP contribution in [0.4, 0.5) is 0 Å². The van der Waals surface area contributed by atoms with E-state index in [9.17, 15) is 9.70 Å². The molecular formula is C8H7ClN2O2. The van der Waals surface area contributed by atoms with Gasteiger partial charge in [-0.05, 0) is 11.6 Å². The van der Waals surface area contributed by atoms with Crippen LogP contribution >= 0.6 is 11.6 Å². The summed E-state index contributed by atoms with van der Waals surface area (Å²) < 4.78 is 0. The van der Waals surface area contributed by atoms with Gasteiger partial charge in [-0.2, -0.15) is 0 Å². The maximum atomic E-state index is 10.9. The number of amides is 1. The molecule has 0 aliphatic carbocycles. The van der Waals surface area contributed by atoms with Crippen molar-refractivity contribution < 1.29 is 4.79 Å². The van der Waals surface area contributed by atoms with Gasteiger partial charge in [0.15, 0.2) is 0 Å². The van der Waals surface area contributed by atoms with Gasteiger partial charge in [-0.1, -0.05) is 29.8 Å². The summed E-state index contributed by atoms with van der Waals surface area (Å²) in [6.45, 7) is 0. The van der Waals surface area contributed by atoms with Crippen LogP contribution in [0.1, 0.15) is 5.56 Å². The topological polar surface area (TPSA) is 58.5 Å². The van der Waals surface area contributed by atoms with E-state index in [-0.39, 0.29) is 6.42 Å². The lowest BCUT2D eigenvalue weighted by Crippen LogP contribution is -2.18. The summed E-state index contributed by atoms with van der Waals surface area (Å²) in [7, 11) is 0. The Kier molecular flexibility index (Phi) is 3.40. The number of carbonyl (C=O) groups is 1. The number of benzene rings is 1. The second-order valence-corrected chi connectivity index (χ2v) is 2.80. The highest BCUT2D eigenvalue weighted by atomic mass is 35.5. The Morgan fingerprint density at radius 3 is 2.77 bits per heavy atom. The van der Waals surface area contributed by atoms with Crippen LogP contribution in [-0.4, -0.2) is 5.91 Å². The third-order valence-electron chi connectivity index (χ3n) is 1.48. The molecule has 0 aromatic heterocycles. The van der Waals surface area contributed by atoms with Crippen LogP contribution in [0.2, 0.25) is 5.02 Å². The monoisotopic (exact) mass is 198 g/mol. The first-order chi connectivity index (χ1) is 6.24. The second kappa shape index (κ2) is 4.57. The van der Waals surface area contributed by atoms with E-state index in [2.05, 4.69) is 5.29 Å². The zero-order valence-corrected chi connectivity index (χ0v) is 7.41. The van der Waals surface area contributed by atoms with Gasteiger partial charge in [0.2, 0.25) is 5.91 Å². The minimum atomic E-state index is -0.469. The van der Waals surface area contributed by atoms with Gasteiger partial charge in [0.1, 0.15) is 0 Å². The number of carbonyl (C=O) groups excluding carboxylic acids is 1. The average molecular weight is 199 g/mol. The van der Waals surface area contributed by atoms with E-state index >= 15 is 0 Å². The quantitative estimate of drug-likeness (QED) is 0.594. The van der Waals surface area contributed by atoms with Crippen molar-refractivity contribution in [2.75, 3.05) is 0 Å². The molecule has 1 aromatic rings. The van der Waals surface area contributed by atoms with E-state index in [0.717, 1.165) is 0 Å². The lowest BCUT2D eigenvalue weighted by Gasteiger charge is -2.00. The summed E-state index contributed by atoms with van der Waals surface area (Å²) in [4.78, 5) is 20.6. The molecule has 0 aliphatic rings. The first-order valence-corrected chi connectivity index (χ1v) is 3.96. The van der Waals surface area contributed by atoms with Crippen molar-refractivity contribution in [3.63, 3.8) is 0 Å². The number of hydrogen-bond acceptors (Lipinski definition) is 3. The number of halogens is 1. The molecule has 5 heteroatoms. The molecule has 4 nitrogen and oxygen atoms in total. The molecule has 1 aromatic carbocycles. The summed E-state index contributed by atoms with van der Waals surface area (Å²) in [5, 5.41) is 2.77. The Morgan fingerprint density at radius 2 is 2.15 bits per heavy atom. The fourth-order valence-electron chi connectivity index (χ4n) is 0.905. The molecular weight excluding hydrogens is 192 g/mol. The molecule has 0 fully saturated rings. The lowest BCUT2D eigenvalue weighted by molar-refractivity contribution is -0.120. The predicted octanol–water partition coefficient (Wildman–Crippen LogP) is 1.68. The Labute approximate surface area is 79.8 Å². The maximum absolute atomic E-state index is 10.9. The van der Waals surface area contributed by atoms with E-state index in [0.29, 0.717) is 10.6 Å². The summed E-state index contributed by atoms with van der Waals surface area (Å²) >= 11 is 5.78. The van der Waals surface area contributed by atoms with Crippen molar-refractivity contribution in [2.24, 2.45) is 5.29 Å². The molecule has 0 saturated heterocycles. The molecule has 0 atom stereocenters. The van der Waals surface area contributed by atoms with E-state index in [4.69, 9.17) is 11.6 Å². The fraction of sp³-hybridized carbons (Fsp3) is 0.125. The molecule has 0 radical (unpaired) electrons. The molecule has 1 amide bonds. The molecule has 0 saturated carbocycles. The van der Waals surface area contributed by atoms with Crippen LogP contribution < -0.4 is 5.43 Å². The Bertz CT molecular complexity index is 328. The van der Waals surface area contributed by atoms with Crippen LogP contribution in [-0.2, 0) is 11.2 Å². The van der Waals surface area contributed by atoms with Crippen molar-refractivity contribution in [3.05, 3.63) is 39.8 Å². The molecule has 1 rings (SSSR count). The largest absolute Gasteiger partial charge is 0.273 e. The van der Waals surface area contributed by atoms with Crippen molar-refractivity contribution in [2.45, 2.75) is 6.42 Å². The third kappa shape index (κ3) is 2.83. The second-order valence-electron chi connectivity index (χ2n) is 2.39. The summed E-state index contributed by atoms with van der Waals surface area (Å²) in [5.74, 6) is -0.469. The highest BCUT2D eigenvalue weighted by molar-refractivity contribution is 6.31. The zero-order valence-electron chi connectivity index (χ0n) is 6.66. The van der Waals surface area contributed by atoms with Crippen LogP contribution in [0.5, 0.6) is 0 Å². The normalized spacial score (nSPS) is 9.31. The summed E-state index contributed by atoms with van der Waals surface area (Å²) in [6, 6.07) is 6.93. The first kappa shape index (κ1) is 9.67. The smallest absolute Gasteiger partial charge is 0.247 e. The average Bonchev–Trinajstić information content (AvgIpc) is 2.09. The molecule has 68 valence electrons. The molecule has 0 aliphatic heterocycles. The van der Waals surface area contributed by atoms with Crippen LogP contribution in [0, 0.1) is 4.91 Å². The molecule has 1 N–H and O–H groups in total. The number of nitrogens with zero attached hydrogens (tertiary/aromatic N) is 1. The fourth-order valence-corrected chi connectivity index (χ4v) is 1.11. The number of hydrogen-bond donors (Lipinski definition) is 1. The van der Waals surface area contributed by atoms with Gasteiger partial charge in [-0.15, -0.1) is 4.91 Å². The van der Waals surface area contributed by atoms with Gasteiger partial charge in [-0.3, -0.25) is 4.79 Å². The first-order valence-electron chi connectivity index (χ1n) is 3.58. The van der Waals surface area contributed by atoms with E-state index in [1.54, 1.807) is 29.7 Å². The van der Waals surface area contributed by atoms with Gasteiger partial charge in [0.05, 0.1) is 11.7 Å². The molecule has 0 bridgehead atoms. The van der Waals surface area contributed by atoms with Gasteiger partial charge in [-0.25, -0.2) is 5.43 Å². The van der Waals surface area contributed by atoms with Crippen LogP contribution in [0.3, 0.4) is 0 Å². The lowest BCUT2D eigenvalue weighted by atomic mass is 10.1. The highest BCUT2D eigenvalue weighted by Crippen LogP contribution is 2.14. The molecule has 0 heterocycles. The van der Waals surface area contributed by atoms with Crippen molar-refractivity contribution >= 4 is 17.5 Å². The van der Waals surface area contributed by atoms with Crippen LogP contribution in [0.15, 0.2) is 29.6 Å². The number of nitroso groups, excluding NO2 is 1. The van der Waals surface area contributed by atoms with Gasteiger partial charge in [0, 0.05) is 5.02 Å². The van der Waals surface area contributed by atoms with Crippen molar-refractivity contribution in [1.29, 1.82) is 0 Å². The highest BCUT2D eigenvalue weighted by Gasteiger charge is 2.05. The Morgan fingerprint density at radius 1 is 1.46 bits per heavy atom.